The van der Waals surface area contributed by atoms with Gasteiger partial charge in [-0.05, 0) is 110 Å². The van der Waals surface area contributed by atoms with E-state index < -0.39 is 52.5 Å². The molecule has 294 valence electrons. The minimum Gasteiger partial charge on any atom is -0.308 e. The zero-order valence-electron chi connectivity index (χ0n) is 29.7. The Morgan fingerprint density at radius 3 is 1.17 bits per heavy atom. The second-order valence-corrected chi connectivity index (χ2v) is 13.9. The number of nitriles is 1. The van der Waals surface area contributed by atoms with Crippen LogP contribution in [-0.2, 0) is 24.7 Å². The van der Waals surface area contributed by atoms with Gasteiger partial charge >= 0.3 is 24.7 Å². The molecule has 3 nitrogen and oxygen atoms in total. The third kappa shape index (κ3) is 6.27. The Balaban J connectivity index is 1.58. The van der Waals surface area contributed by atoms with Crippen molar-refractivity contribution >= 4 is 43.6 Å². The van der Waals surface area contributed by atoms with E-state index in [0.717, 1.165) is 29.3 Å². The van der Waals surface area contributed by atoms with E-state index in [0.29, 0.717) is 58.2 Å². The zero-order chi connectivity index (χ0) is 41.9. The number of aryl methyl sites for hydroxylation is 2. The molecule has 8 aromatic rings. The van der Waals surface area contributed by atoms with E-state index in [9.17, 15) is 57.9 Å². The molecule has 0 atom stereocenters. The Hall–Kier alpha value is -6.43. The van der Waals surface area contributed by atoms with Gasteiger partial charge in [0.15, 0.2) is 0 Å². The minimum absolute atomic E-state index is 0.0450. The predicted octanol–water partition coefficient (Wildman–Crippen LogP) is 14.1. The van der Waals surface area contributed by atoms with Crippen LogP contribution in [0.2, 0.25) is 0 Å². The van der Waals surface area contributed by atoms with Crippen molar-refractivity contribution in [2.75, 3.05) is 0 Å². The predicted molar refractivity (Wildman–Crippen MR) is 195 cm³/mol. The molecule has 0 saturated heterocycles. The Labute approximate surface area is 319 Å². The quantitative estimate of drug-likeness (QED) is 0.164. The summed E-state index contributed by atoms with van der Waals surface area (Å²) < 4.78 is 173. The van der Waals surface area contributed by atoms with Gasteiger partial charge in [-0.2, -0.15) is 57.9 Å². The van der Waals surface area contributed by atoms with Gasteiger partial charge in [-0.3, -0.25) is 0 Å². The average molecular weight is 810 g/mol. The van der Waals surface area contributed by atoms with Crippen LogP contribution in [0.15, 0.2) is 103 Å². The van der Waals surface area contributed by atoms with Crippen LogP contribution >= 0.6 is 0 Å². The first-order chi connectivity index (χ1) is 27.1. The number of hydrogen-bond acceptors (Lipinski definition) is 1. The normalized spacial score (nSPS) is 13.0. The summed E-state index contributed by atoms with van der Waals surface area (Å²) in [5.41, 5.74) is -5.02. The smallest absolute Gasteiger partial charge is 0.308 e. The van der Waals surface area contributed by atoms with Crippen LogP contribution < -0.4 is 0 Å². The van der Waals surface area contributed by atoms with Gasteiger partial charge in [-0.15, -0.1) is 0 Å². The summed E-state index contributed by atoms with van der Waals surface area (Å²) in [5.74, 6) is 0. The molecule has 0 fully saturated rings. The number of aromatic nitrogens is 2. The van der Waals surface area contributed by atoms with E-state index in [2.05, 4.69) is 6.07 Å². The molecule has 15 heteroatoms. The monoisotopic (exact) mass is 809 g/mol. The highest BCUT2D eigenvalue weighted by Crippen LogP contribution is 2.46. The van der Waals surface area contributed by atoms with Gasteiger partial charge in [0.1, 0.15) is 11.6 Å². The van der Waals surface area contributed by atoms with Crippen molar-refractivity contribution in [2.45, 2.75) is 38.6 Å². The second kappa shape index (κ2) is 12.8. The van der Waals surface area contributed by atoms with E-state index in [4.69, 9.17) is 0 Å². The molecule has 8 rings (SSSR count). The first-order valence-electron chi connectivity index (χ1n) is 17.2. The van der Waals surface area contributed by atoms with Crippen LogP contribution in [0, 0.1) is 25.2 Å². The summed E-state index contributed by atoms with van der Waals surface area (Å²) in [6.07, 6.45) is -20.4. The fourth-order valence-corrected chi connectivity index (χ4v) is 7.59. The van der Waals surface area contributed by atoms with Crippen molar-refractivity contribution in [3.05, 3.63) is 142 Å². The SMILES string of the molecule is Cc1ccc2c(c1)c1cc(C)ccc1n2-c1cc(-c2ccc(C(F)(F)F)cc2C(F)(F)F)cc(-n2c3ccc(C(F)(F)F)cc3c3cc(C(F)(F)F)ccc32)c1C#N. The van der Waals surface area contributed by atoms with Gasteiger partial charge in [0.05, 0.1) is 55.7 Å². The number of halogens is 12. The molecule has 0 spiro atoms. The summed E-state index contributed by atoms with van der Waals surface area (Å²) in [7, 11) is 0. The maximum absolute atomic E-state index is 14.8. The molecule has 0 saturated carbocycles. The van der Waals surface area contributed by atoms with E-state index in [1.54, 1.807) is 28.8 Å². The molecular formula is C43H23F12N3. The lowest BCUT2D eigenvalue weighted by Crippen LogP contribution is -2.12. The summed E-state index contributed by atoms with van der Waals surface area (Å²) in [4.78, 5) is 0. The maximum Gasteiger partial charge on any atom is 0.417 e. The molecule has 0 radical (unpaired) electrons. The third-order valence-electron chi connectivity index (χ3n) is 10.1. The van der Waals surface area contributed by atoms with Gasteiger partial charge in [-0.1, -0.05) is 29.3 Å². The van der Waals surface area contributed by atoms with Crippen LogP contribution in [0.3, 0.4) is 0 Å². The molecule has 2 heterocycles. The topological polar surface area (TPSA) is 33.6 Å². The lowest BCUT2D eigenvalue weighted by atomic mass is 9.94. The van der Waals surface area contributed by atoms with Gasteiger partial charge in [0, 0.05) is 21.5 Å². The first kappa shape index (κ1) is 38.4. The van der Waals surface area contributed by atoms with Gasteiger partial charge in [0.2, 0.25) is 0 Å². The maximum atomic E-state index is 14.8. The van der Waals surface area contributed by atoms with E-state index in [-0.39, 0.29) is 50.4 Å². The lowest BCUT2D eigenvalue weighted by Gasteiger charge is -2.21. The Morgan fingerprint density at radius 2 is 0.793 bits per heavy atom. The minimum atomic E-state index is -5.35. The fraction of sp³-hybridized carbons (Fsp3) is 0.140. The van der Waals surface area contributed by atoms with Gasteiger partial charge in [0.25, 0.3) is 0 Å². The molecule has 2 aromatic heterocycles. The zero-order valence-corrected chi connectivity index (χ0v) is 29.7. The van der Waals surface area contributed by atoms with Crippen molar-refractivity contribution in [3.63, 3.8) is 0 Å². The van der Waals surface area contributed by atoms with Gasteiger partial charge in [-0.25, -0.2) is 0 Å². The first-order valence-corrected chi connectivity index (χ1v) is 17.2. The van der Waals surface area contributed by atoms with Crippen molar-refractivity contribution in [1.82, 2.24) is 9.13 Å². The standard InChI is InChI=1S/C43H23F12N3/c1-21-3-9-34-28(13-21)29-14-22(2)4-10-35(29)57(34)38-15-23(27-8-5-26(42(50,51)52)19-33(27)43(53,54)55)16-39(32(38)20-56)58-36-11-6-24(40(44,45)46)17-30(36)31-18-25(41(47,48)49)7-12-37(31)58/h3-19H,1-2H3. The molecule has 58 heavy (non-hydrogen) atoms. The summed E-state index contributed by atoms with van der Waals surface area (Å²) in [5, 5.41) is 11.7. The fourth-order valence-electron chi connectivity index (χ4n) is 7.59. The molecule has 0 aliphatic rings. The highest BCUT2D eigenvalue weighted by atomic mass is 19.4. The summed E-state index contributed by atoms with van der Waals surface area (Å²) in [6.45, 7) is 3.66. The number of benzene rings is 6. The molecular weight excluding hydrogens is 786 g/mol. The van der Waals surface area contributed by atoms with Crippen LogP contribution in [0.4, 0.5) is 52.7 Å². The Bertz CT molecular complexity index is 2910. The molecule has 0 aliphatic heterocycles. The second-order valence-electron chi connectivity index (χ2n) is 13.9. The van der Waals surface area contributed by atoms with Crippen molar-refractivity contribution in [1.29, 1.82) is 5.26 Å². The Morgan fingerprint density at radius 1 is 0.431 bits per heavy atom. The number of nitrogens with zero attached hydrogens (tertiary/aromatic N) is 3. The van der Waals surface area contributed by atoms with E-state index in [1.807, 2.05) is 26.0 Å². The summed E-state index contributed by atoms with van der Waals surface area (Å²) >= 11 is 0. The third-order valence-corrected chi connectivity index (χ3v) is 10.1. The van der Waals surface area contributed by atoms with Crippen molar-refractivity contribution < 1.29 is 52.7 Å². The number of alkyl halides is 12. The molecule has 0 aliphatic carbocycles. The molecule has 0 amide bonds. The molecule has 6 aromatic carbocycles. The van der Waals surface area contributed by atoms with Crippen molar-refractivity contribution in [2.24, 2.45) is 0 Å². The number of rotatable bonds is 3. The van der Waals surface area contributed by atoms with Crippen LogP contribution in [-0.4, -0.2) is 9.13 Å². The summed E-state index contributed by atoms with van der Waals surface area (Å²) in [6, 6.07) is 20.6. The molecule has 0 N–H and O–H groups in total. The van der Waals surface area contributed by atoms with E-state index >= 15 is 0 Å². The van der Waals surface area contributed by atoms with E-state index in [1.165, 1.54) is 10.6 Å². The molecule has 0 unspecified atom stereocenters. The number of fused-ring (bicyclic) bond motifs is 6. The van der Waals surface area contributed by atoms with Crippen LogP contribution in [0.1, 0.15) is 38.9 Å². The lowest BCUT2D eigenvalue weighted by molar-refractivity contribution is -0.143. The average Bonchev–Trinajstić information content (AvgIpc) is 3.63. The number of hydrogen-bond donors (Lipinski definition) is 0. The highest BCUT2D eigenvalue weighted by molar-refractivity contribution is 6.12. The Kier molecular flexibility index (Phi) is 8.48. The van der Waals surface area contributed by atoms with Crippen molar-refractivity contribution in [3.8, 4) is 28.6 Å². The van der Waals surface area contributed by atoms with Crippen LogP contribution in [0.5, 0.6) is 0 Å². The highest BCUT2D eigenvalue weighted by Gasteiger charge is 2.39. The largest absolute Gasteiger partial charge is 0.417 e. The van der Waals surface area contributed by atoms with Crippen LogP contribution in [0.25, 0.3) is 66.1 Å². The van der Waals surface area contributed by atoms with Gasteiger partial charge < -0.3 is 9.13 Å². The molecule has 0 bridgehead atoms.